The lowest BCUT2D eigenvalue weighted by molar-refractivity contribution is 0.315. The van der Waals surface area contributed by atoms with Crippen molar-refractivity contribution in [2.24, 2.45) is 0 Å². The molecule has 3 heterocycles. The maximum atomic E-state index is 15.2. The second-order valence-corrected chi connectivity index (χ2v) is 10.7. The molecular weight excluding hydrogens is 509 g/mol. The van der Waals surface area contributed by atoms with Crippen LogP contribution in [0.5, 0.6) is 0 Å². The van der Waals surface area contributed by atoms with Crippen LogP contribution in [-0.2, 0) is 10.0 Å². The number of halogens is 2. The Bertz CT molecular complexity index is 1750. The van der Waals surface area contributed by atoms with E-state index in [1.54, 1.807) is 6.07 Å². The molecule has 1 aliphatic carbocycles. The van der Waals surface area contributed by atoms with Crippen LogP contribution in [0.25, 0.3) is 33.2 Å². The fourth-order valence-corrected chi connectivity index (χ4v) is 6.17. The molecule has 36 heavy (non-hydrogen) atoms. The van der Waals surface area contributed by atoms with Gasteiger partial charge in [-0.05, 0) is 53.0 Å². The summed E-state index contributed by atoms with van der Waals surface area (Å²) in [5, 5.41) is 8.06. The smallest absolute Gasteiger partial charge is 0.264 e. The largest absolute Gasteiger partial charge is 0.383 e. The summed E-state index contributed by atoms with van der Waals surface area (Å²) in [6.45, 7) is 0. The third kappa shape index (κ3) is 3.64. The van der Waals surface area contributed by atoms with Gasteiger partial charge in [-0.15, -0.1) is 0 Å². The minimum Gasteiger partial charge on any atom is -0.383 e. The van der Waals surface area contributed by atoms with Gasteiger partial charge in [-0.3, -0.25) is 4.72 Å². The molecular formula is C23H19ClFN7O3S. The predicted molar refractivity (Wildman–Crippen MR) is 132 cm³/mol. The van der Waals surface area contributed by atoms with E-state index in [9.17, 15) is 8.42 Å². The molecule has 0 spiro atoms. The van der Waals surface area contributed by atoms with Crippen LogP contribution < -0.4 is 10.5 Å². The summed E-state index contributed by atoms with van der Waals surface area (Å²) in [5.74, 6) is -0.471. The highest BCUT2D eigenvalue weighted by Crippen LogP contribution is 2.39. The molecule has 1 aliphatic rings. The minimum absolute atomic E-state index is 0.0535. The van der Waals surface area contributed by atoms with Crippen molar-refractivity contribution < 1.29 is 17.4 Å². The van der Waals surface area contributed by atoms with Crippen LogP contribution in [0.15, 0.2) is 52.4 Å². The molecule has 184 valence electrons. The molecule has 6 rings (SSSR count). The van der Waals surface area contributed by atoms with Gasteiger partial charge in [-0.1, -0.05) is 30.5 Å². The Hall–Kier alpha value is -3.77. The van der Waals surface area contributed by atoms with E-state index < -0.39 is 15.8 Å². The van der Waals surface area contributed by atoms with Gasteiger partial charge in [0.1, 0.15) is 28.5 Å². The monoisotopic (exact) mass is 527 g/mol. The zero-order valence-corrected chi connectivity index (χ0v) is 20.2. The lowest BCUT2D eigenvalue weighted by Gasteiger charge is -2.12. The van der Waals surface area contributed by atoms with Gasteiger partial charge in [0.2, 0.25) is 0 Å². The zero-order chi connectivity index (χ0) is 25.0. The number of aromatic nitrogens is 5. The van der Waals surface area contributed by atoms with Crippen molar-refractivity contribution in [1.29, 1.82) is 0 Å². The molecule has 0 radical (unpaired) electrons. The summed E-state index contributed by atoms with van der Waals surface area (Å²) in [5.41, 5.74) is 7.89. The number of nitrogens with zero attached hydrogens (tertiary/aromatic N) is 5. The fraction of sp³-hybridized carbons (Fsp3) is 0.217. The second kappa shape index (κ2) is 8.42. The third-order valence-corrected chi connectivity index (χ3v) is 8.20. The van der Waals surface area contributed by atoms with Crippen LogP contribution in [-0.4, -0.2) is 33.3 Å². The maximum absolute atomic E-state index is 15.2. The Morgan fingerprint density at radius 1 is 1.11 bits per heavy atom. The van der Waals surface area contributed by atoms with Crippen molar-refractivity contribution in [1.82, 2.24) is 24.8 Å². The number of nitrogens with one attached hydrogen (secondary N) is 1. The molecule has 10 nitrogen and oxygen atoms in total. The molecule has 0 aliphatic heterocycles. The van der Waals surface area contributed by atoms with Crippen molar-refractivity contribution in [3.63, 3.8) is 0 Å². The van der Waals surface area contributed by atoms with E-state index in [0.717, 1.165) is 25.7 Å². The molecule has 3 N–H and O–H groups in total. The fourth-order valence-electron chi connectivity index (χ4n) is 4.78. The van der Waals surface area contributed by atoms with E-state index in [-0.39, 0.29) is 32.7 Å². The van der Waals surface area contributed by atoms with Gasteiger partial charge in [0.05, 0.1) is 16.1 Å². The highest BCUT2D eigenvalue weighted by Gasteiger charge is 2.25. The van der Waals surface area contributed by atoms with Crippen LogP contribution in [0.4, 0.5) is 15.9 Å². The van der Waals surface area contributed by atoms with Gasteiger partial charge < -0.3 is 10.3 Å². The van der Waals surface area contributed by atoms with E-state index in [4.69, 9.17) is 17.3 Å². The lowest BCUT2D eigenvalue weighted by atomic mass is 10.1. The summed E-state index contributed by atoms with van der Waals surface area (Å²) in [6.07, 6.45) is 7.67. The van der Waals surface area contributed by atoms with E-state index in [1.165, 1.54) is 30.6 Å². The van der Waals surface area contributed by atoms with E-state index >= 15 is 4.39 Å². The van der Waals surface area contributed by atoms with Crippen LogP contribution >= 0.6 is 11.6 Å². The molecule has 0 amide bonds. The van der Waals surface area contributed by atoms with Crippen LogP contribution in [0, 0.1) is 5.82 Å². The Morgan fingerprint density at radius 2 is 1.89 bits per heavy atom. The number of nitrogens with two attached hydrogens (primary N) is 1. The molecule has 1 saturated carbocycles. The number of anilines is 2. The number of hydrogen-bond acceptors (Lipinski definition) is 8. The Labute approximate surface area is 209 Å². The predicted octanol–water partition coefficient (Wildman–Crippen LogP) is 4.93. The van der Waals surface area contributed by atoms with Gasteiger partial charge in [-0.2, -0.15) is 0 Å². The first-order valence-corrected chi connectivity index (χ1v) is 13.0. The second-order valence-electron chi connectivity index (χ2n) is 8.65. The molecule has 0 bridgehead atoms. The first-order valence-electron chi connectivity index (χ1n) is 11.2. The summed E-state index contributed by atoms with van der Waals surface area (Å²) in [7, 11) is -4.23. The SMILES string of the molecule is Nc1ncnc2c1c(-c1ccc(NS(=O)(=O)c3ccc(Cl)c4nonc34)c(F)c1)cn2C1CCCC1. The zero-order valence-electron chi connectivity index (χ0n) is 18.6. The molecule has 0 saturated heterocycles. The van der Waals surface area contributed by atoms with Crippen molar-refractivity contribution >= 4 is 55.2 Å². The summed E-state index contributed by atoms with van der Waals surface area (Å²) in [4.78, 5) is 8.32. The van der Waals surface area contributed by atoms with Crippen LogP contribution in [0.2, 0.25) is 5.02 Å². The Morgan fingerprint density at radius 3 is 2.67 bits per heavy atom. The number of hydrogen-bond donors (Lipinski definition) is 2. The van der Waals surface area contributed by atoms with E-state index in [1.807, 2.05) is 6.20 Å². The third-order valence-electron chi connectivity index (χ3n) is 6.50. The van der Waals surface area contributed by atoms with Gasteiger partial charge in [-0.25, -0.2) is 27.4 Å². The average molecular weight is 528 g/mol. The van der Waals surface area contributed by atoms with Gasteiger partial charge >= 0.3 is 0 Å². The highest BCUT2D eigenvalue weighted by molar-refractivity contribution is 7.93. The highest BCUT2D eigenvalue weighted by atomic mass is 35.5. The van der Waals surface area contributed by atoms with Crippen LogP contribution in [0.1, 0.15) is 31.7 Å². The Balaban J connectivity index is 1.39. The van der Waals surface area contributed by atoms with Crippen molar-refractivity contribution in [2.45, 2.75) is 36.6 Å². The minimum atomic E-state index is -4.23. The summed E-state index contributed by atoms with van der Waals surface area (Å²) in [6, 6.07) is 7.13. The lowest BCUT2D eigenvalue weighted by Crippen LogP contribution is -2.14. The summed E-state index contributed by atoms with van der Waals surface area (Å²) < 4.78 is 50.3. The molecule has 0 unspecified atom stereocenters. The van der Waals surface area contributed by atoms with Gasteiger partial charge in [0, 0.05) is 17.8 Å². The number of rotatable bonds is 5. The first-order chi connectivity index (χ1) is 17.3. The van der Waals surface area contributed by atoms with Crippen LogP contribution in [0.3, 0.4) is 0 Å². The topological polar surface area (TPSA) is 142 Å². The van der Waals surface area contributed by atoms with Crippen molar-refractivity contribution in [3.05, 3.63) is 53.7 Å². The first kappa shape index (κ1) is 22.7. The number of benzene rings is 2. The van der Waals surface area contributed by atoms with Crippen molar-refractivity contribution in [2.75, 3.05) is 10.5 Å². The van der Waals surface area contributed by atoms with E-state index in [2.05, 4.69) is 34.2 Å². The average Bonchev–Trinajstić information content (AvgIpc) is 3.60. The maximum Gasteiger partial charge on any atom is 0.264 e. The molecule has 3 aromatic heterocycles. The molecule has 0 atom stereocenters. The number of nitrogen functional groups attached to an aromatic ring is 1. The van der Waals surface area contributed by atoms with E-state index in [0.29, 0.717) is 28.0 Å². The standard InChI is InChI=1S/C23H19ClFN7O3S/c24-15-6-8-18(21-20(15)29-35-30-21)36(33,34)31-17-7-5-12(9-16(17)25)14-10-32(13-3-1-2-4-13)23-19(14)22(26)27-11-28-23/h5-11,13,31H,1-4H2,(H2,26,27,28). The number of sulfonamides is 1. The Kier molecular flexibility index (Phi) is 5.30. The molecule has 1 fully saturated rings. The molecule has 5 aromatic rings. The molecule has 2 aromatic carbocycles. The summed E-state index contributed by atoms with van der Waals surface area (Å²) >= 11 is 6.02. The quantitative estimate of drug-likeness (QED) is 0.328. The normalized spacial score (nSPS) is 14.7. The van der Waals surface area contributed by atoms with Gasteiger partial charge in [0.25, 0.3) is 10.0 Å². The number of fused-ring (bicyclic) bond motifs is 2. The van der Waals surface area contributed by atoms with Crippen molar-refractivity contribution in [3.8, 4) is 11.1 Å². The van der Waals surface area contributed by atoms with Gasteiger partial charge in [0.15, 0.2) is 11.0 Å². The molecule has 13 heteroatoms.